The molecule has 17 heavy (non-hydrogen) atoms. The quantitative estimate of drug-likeness (QED) is 0.781. The van der Waals surface area contributed by atoms with Gasteiger partial charge in [-0.15, -0.1) is 0 Å². The SMILES string of the molecule is CCOc1ccc(CN(C)S(=O)(=O)CC)cc1. The van der Waals surface area contributed by atoms with Gasteiger partial charge in [0.25, 0.3) is 0 Å². The van der Waals surface area contributed by atoms with Crippen molar-refractivity contribution in [2.24, 2.45) is 0 Å². The first kappa shape index (κ1) is 14.0. The Labute approximate surface area is 103 Å². The van der Waals surface area contributed by atoms with E-state index in [1.165, 1.54) is 4.31 Å². The third kappa shape index (κ3) is 4.02. The van der Waals surface area contributed by atoms with Crippen LogP contribution in [0.25, 0.3) is 0 Å². The average molecular weight is 257 g/mol. The third-order valence-corrected chi connectivity index (χ3v) is 4.29. The first-order valence-electron chi connectivity index (χ1n) is 5.65. The van der Waals surface area contributed by atoms with Crippen LogP contribution in [0.5, 0.6) is 5.75 Å². The Balaban J connectivity index is 2.69. The van der Waals surface area contributed by atoms with Gasteiger partial charge < -0.3 is 4.74 Å². The van der Waals surface area contributed by atoms with Gasteiger partial charge in [0.1, 0.15) is 5.75 Å². The first-order chi connectivity index (χ1) is 7.99. The molecule has 0 aliphatic heterocycles. The second-order valence-corrected chi connectivity index (χ2v) is 6.10. The van der Waals surface area contributed by atoms with Gasteiger partial charge in [-0.1, -0.05) is 12.1 Å². The maximum Gasteiger partial charge on any atom is 0.213 e. The van der Waals surface area contributed by atoms with Crippen LogP contribution < -0.4 is 4.74 Å². The summed E-state index contributed by atoms with van der Waals surface area (Å²) >= 11 is 0. The van der Waals surface area contributed by atoms with E-state index in [1.807, 2.05) is 31.2 Å². The molecule has 0 bridgehead atoms. The van der Waals surface area contributed by atoms with E-state index >= 15 is 0 Å². The number of nitrogens with zero attached hydrogens (tertiary/aromatic N) is 1. The predicted octanol–water partition coefficient (Wildman–Crippen LogP) is 1.87. The maximum absolute atomic E-state index is 11.6. The highest BCUT2D eigenvalue weighted by atomic mass is 32.2. The van der Waals surface area contributed by atoms with Crippen LogP contribution in [0.3, 0.4) is 0 Å². The van der Waals surface area contributed by atoms with Gasteiger partial charge in [-0.05, 0) is 31.5 Å². The molecule has 0 N–H and O–H groups in total. The lowest BCUT2D eigenvalue weighted by molar-refractivity contribution is 0.340. The van der Waals surface area contributed by atoms with Crippen molar-refractivity contribution in [2.75, 3.05) is 19.4 Å². The molecular formula is C12H19NO3S. The van der Waals surface area contributed by atoms with Crippen molar-refractivity contribution >= 4 is 10.0 Å². The van der Waals surface area contributed by atoms with Crippen LogP contribution >= 0.6 is 0 Å². The van der Waals surface area contributed by atoms with Crippen molar-refractivity contribution < 1.29 is 13.2 Å². The Bertz CT molecular complexity index is 439. The molecule has 0 amide bonds. The van der Waals surface area contributed by atoms with E-state index in [2.05, 4.69) is 0 Å². The van der Waals surface area contributed by atoms with Crippen LogP contribution in [0, 0.1) is 0 Å². The topological polar surface area (TPSA) is 46.6 Å². The van der Waals surface area contributed by atoms with Crippen LogP contribution in [-0.2, 0) is 16.6 Å². The van der Waals surface area contributed by atoms with E-state index in [9.17, 15) is 8.42 Å². The molecule has 5 heteroatoms. The van der Waals surface area contributed by atoms with Crippen molar-refractivity contribution in [1.29, 1.82) is 0 Å². The second kappa shape index (κ2) is 6.02. The molecule has 1 rings (SSSR count). The normalized spacial score (nSPS) is 11.8. The minimum atomic E-state index is -3.11. The van der Waals surface area contributed by atoms with E-state index in [0.29, 0.717) is 13.2 Å². The molecule has 0 aromatic heterocycles. The monoisotopic (exact) mass is 257 g/mol. The first-order valence-corrected chi connectivity index (χ1v) is 7.26. The summed E-state index contributed by atoms with van der Waals surface area (Å²) in [5.41, 5.74) is 0.952. The molecule has 0 fully saturated rings. The summed E-state index contributed by atoms with van der Waals surface area (Å²) in [4.78, 5) is 0. The molecule has 0 heterocycles. The summed E-state index contributed by atoms with van der Waals surface area (Å²) in [7, 11) is -1.52. The van der Waals surface area contributed by atoms with Crippen LogP contribution in [0.1, 0.15) is 19.4 Å². The van der Waals surface area contributed by atoms with Gasteiger partial charge in [0, 0.05) is 13.6 Å². The number of benzene rings is 1. The standard InChI is InChI=1S/C12H19NO3S/c1-4-16-12-8-6-11(7-9-12)10-13(3)17(14,15)5-2/h6-9H,4-5,10H2,1-3H3. The number of hydrogen-bond donors (Lipinski definition) is 0. The van der Waals surface area contributed by atoms with Crippen LogP contribution in [0.4, 0.5) is 0 Å². The van der Waals surface area contributed by atoms with Crippen LogP contribution in [0.15, 0.2) is 24.3 Å². The summed E-state index contributed by atoms with van der Waals surface area (Å²) in [6, 6.07) is 7.47. The van der Waals surface area contributed by atoms with Crippen LogP contribution in [0.2, 0.25) is 0 Å². The van der Waals surface area contributed by atoms with Crippen molar-refractivity contribution in [3.63, 3.8) is 0 Å². The van der Waals surface area contributed by atoms with Gasteiger partial charge in [-0.2, -0.15) is 0 Å². The Hall–Kier alpha value is -1.07. The number of sulfonamides is 1. The summed E-state index contributed by atoms with van der Waals surface area (Å²) < 4.78 is 29.8. The summed E-state index contributed by atoms with van der Waals surface area (Å²) in [6.07, 6.45) is 0. The molecular weight excluding hydrogens is 238 g/mol. The van der Waals surface area contributed by atoms with Gasteiger partial charge in [0.2, 0.25) is 10.0 Å². The van der Waals surface area contributed by atoms with Crippen molar-refractivity contribution in [1.82, 2.24) is 4.31 Å². The molecule has 0 aliphatic carbocycles. The van der Waals surface area contributed by atoms with E-state index in [1.54, 1.807) is 14.0 Å². The van der Waals surface area contributed by atoms with Crippen LogP contribution in [-0.4, -0.2) is 32.1 Å². The maximum atomic E-state index is 11.6. The summed E-state index contributed by atoms with van der Waals surface area (Å²) in [6.45, 7) is 4.59. The Morgan fingerprint density at radius 1 is 1.18 bits per heavy atom. The molecule has 1 aromatic carbocycles. The van der Waals surface area contributed by atoms with Gasteiger partial charge in [-0.3, -0.25) is 0 Å². The fourth-order valence-electron chi connectivity index (χ4n) is 1.43. The zero-order valence-corrected chi connectivity index (χ0v) is 11.3. The Morgan fingerprint density at radius 2 is 1.76 bits per heavy atom. The lowest BCUT2D eigenvalue weighted by Gasteiger charge is -2.16. The van der Waals surface area contributed by atoms with E-state index in [4.69, 9.17) is 4.74 Å². The highest BCUT2D eigenvalue weighted by molar-refractivity contribution is 7.89. The lowest BCUT2D eigenvalue weighted by atomic mass is 10.2. The molecule has 96 valence electrons. The third-order valence-electron chi connectivity index (χ3n) is 2.48. The highest BCUT2D eigenvalue weighted by Gasteiger charge is 2.14. The molecule has 0 aliphatic rings. The van der Waals surface area contributed by atoms with Gasteiger partial charge in [-0.25, -0.2) is 12.7 Å². The number of ether oxygens (including phenoxy) is 1. The molecule has 0 radical (unpaired) electrons. The van der Waals surface area contributed by atoms with Gasteiger partial charge in [0.05, 0.1) is 12.4 Å². The molecule has 0 saturated heterocycles. The molecule has 0 unspecified atom stereocenters. The average Bonchev–Trinajstić information content (AvgIpc) is 2.32. The number of rotatable bonds is 6. The predicted molar refractivity (Wildman–Crippen MR) is 68.5 cm³/mol. The van der Waals surface area contributed by atoms with E-state index in [-0.39, 0.29) is 5.75 Å². The molecule has 0 atom stereocenters. The zero-order chi connectivity index (χ0) is 12.9. The smallest absolute Gasteiger partial charge is 0.213 e. The molecule has 4 nitrogen and oxygen atoms in total. The summed E-state index contributed by atoms with van der Waals surface area (Å²) in [5.74, 6) is 0.929. The molecule has 1 aromatic rings. The highest BCUT2D eigenvalue weighted by Crippen LogP contribution is 2.14. The minimum Gasteiger partial charge on any atom is -0.494 e. The molecule has 0 spiro atoms. The Morgan fingerprint density at radius 3 is 2.24 bits per heavy atom. The minimum absolute atomic E-state index is 0.126. The fraction of sp³-hybridized carbons (Fsp3) is 0.500. The van der Waals surface area contributed by atoms with Crippen molar-refractivity contribution in [3.05, 3.63) is 29.8 Å². The van der Waals surface area contributed by atoms with E-state index in [0.717, 1.165) is 11.3 Å². The largest absolute Gasteiger partial charge is 0.494 e. The lowest BCUT2D eigenvalue weighted by Crippen LogP contribution is -2.27. The van der Waals surface area contributed by atoms with E-state index < -0.39 is 10.0 Å². The van der Waals surface area contributed by atoms with Crippen molar-refractivity contribution in [3.8, 4) is 5.75 Å². The van der Waals surface area contributed by atoms with Gasteiger partial charge in [0.15, 0.2) is 0 Å². The van der Waals surface area contributed by atoms with Crippen molar-refractivity contribution in [2.45, 2.75) is 20.4 Å². The fourth-order valence-corrected chi connectivity index (χ4v) is 2.22. The molecule has 0 saturated carbocycles. The second-order valence-electron chi connectivity index (χ2n) is 3.73. The Kier molecular flexibility index (Phi) is 4.96. The zero-order valence-electron chi connectivity index (χ0n) is 10.5. The number of hydrogen-bond acceptors (Lipinski definition) is 3. The van der Waals surface area contributed by atoms with Gasteiger partial charge >= 0.3 is 0 Å². The summed E-state index contributed by atoms with van der Waals surface area (Å²) in [5, 5.41) is 0.